The maximum absolute atomic E-state index is 5.51. The van der Waals surface area contributed by atoms with Crippen molar-refractivity contribution in [3.8, 4) is 0 Å². The number of hydrogen-bond donors (Lipinski definition) is 1. The van der Waals surface area contributed by atoms with Gasteiger partial charge in [0, 0.05) is 29.3 Å². The van der Waals surface area contributed by atoms with Crippen molar-refractivity contribution in [2.75, 3.05) is 6.54 Å². The van der Waals surface area contributed by atoms with Gasteiger partial charge in [-0.3, -0.25) is 0 Å². The molecule has 116 valence electrons. The molecule has 0 bridgehead atoms. The third-order valence-corrected chi connectivity index (χ3v) is 5.45. The minimum Gasteiger partial charge on any atom is -0.356 e. The Hall–Kier alpha value is -2.13. The number of benzene rings is 2. The van der Waals surface area contributed by atoms with Gasteiger partial charge in [-0.25, -0.2) is 0 Å². The summed E-state index contributed by atoms with van der Waals surface area (Å²) in [5, 5.41) is 9.35. The predicted octanol–water partition coefficient (Wildman–Crippen LogP) is 4.01. The third-order valence-electron chi connectivity index (χ3n) is 5.45. The summed E-state index contributed by atoms with van der Waals surface area (Å²) in [6, 6.07) is 19.7. The maximum Gasteiger partial charge on any atom is 0.167 e. The monoisotopic (exact) mass is 304 g/mol. The van der Waals surface area contributed by atoms with E-state index in [9.17, 15) is 0 Å². The van der Waals surface area contributed by atoms with E-state index in [1.165, 1.54) is 30.2 Å². The molecule has 2 saturated carbocycles. The van der Waals surface area contributed by atoms with Crippen LogP contribution in [0.2, 0.25) is 0 Å². The molecule has 3 nitrogen and oxygen atoms in total. The van der Waals surface area contributed by atoms with Crippen LogP contribution in [0.1, 0.15) is 36.4 Å². The van der Waals surface area contributed by atoms with E-state index < -0.39 is 0 Å². The molecule has 2 aliphatic rings. The molecule has 0 amide bonds. The average Bonchev–Trinajstić information content (AvgIpc) is 3.51. The highest BCUT2D eigenvalue weighted by Crippen LogP contribution is 2.50. The summed E-state index contributed by atoms with van der Waals surface area (Å²) in [7, 11) is 0. The summed E-state index contributed by atoms with van der Waals surface area (Å²) >= 11 is 0. The van der Waals surface area contributed by atoms with Gasteiger partial charge in [0.1, 0.15) is 0 Å². The van der Waals surface area contributed by atoms with Crippen LogP contribution in [0, 0.1) is 0 Å². The number of para-hydroxylation sites is 1. The van der Waals surface area contributed by atoms with Crippen LogP contribution in [0.4, 0.5) is 0 Å². The number of hydrogen-bond acceptors (Lipinski definition) is 3. The average molecular weight is 304 g/mol. The first kappa shape index (κ1) is 13.3. The summed E-state index contributed by atoms with van der Waals surface area (Å²) in [5.41, 5.74) is 3.71. The largest absolute Gasteiger partial charge is 0.356 e. The van der Waals surface area contributed by atoms with Gasteiger partial charge < -0.3 is 9.84 Å². The molecule has 2 atom stereocenters. The lowest BCUT2D eigenvalue weighted by molar-refractivity contribution is 0.427. The van der Waals surface area contributed by atoms with Crippen LogP contribution in [-0.2, 0) is 5.41 Å². The normalized spacial score (nSPS) is 24.7. The molecule has 1 unspecified atom stereocenters. The molecule has 0 spiro atoms. The minimum absolute atomic E-state index is 0.191. The van der Waals surface area contributed by atoms with Crippen molar-refractivity contribution in [1.82, 2.24) is 10.5 Å². The van der Waals surface area contributed by atoms with Crippen LogP contribution < -0.4 is 5.32 Å². The first-order valence-corrected chi connectivity index (χ1v) is 8.49. The van der Waals surface area contributed by atoms with E-state index in [4.69, 9.17) is 4.52 Å². The SMILES string of the molecule is c1ccc(C2C[C@@H]2NCC2(c3noc4ccccc34)CC2)cc1. The zero-order valence-corrected chi connectivity index (χ0v) is 13.0. The van der Waals surface area contributed by atoms with Crippen molar-refractivity contribution in [3.63, 3.8) is 0 Å². The fourth-order valence-corrected chi connectivity index (χ4v) is 3.73. The second kappa shape index (κ2) is 4.93. The highest BCUT2D eigenvalue weighted by molar-refractivity contribution is 5.80. The van der Waals surface area contributed by atoms with E-state index in [0.29, 0.717) is 12.0 Å². The Balaban J connectivity index is 1.30. The second-order valence-electron chi connectivity index (χ2n) is 7.05. The lowest BCUT2D eigenvalue weighted by atomic mass is 9.99. The van der Waals surface area contributed by atoms with Gasteiger partial charge in [-0.05, 0) is 37.0 Å². The molecule has 1 aromatic heterocycles. The van der Waals surface area contributed by atoms with E-state index in [0.717, 1.165) is 17.8 Å². The van der Waals surface area contributed by atoms with E-state index in [1.54, 1.807) is 0 Å². The maximum atomic E-state index is 5.51. The lowest BCUT2D eigenvalue weighted by Gasteiger charge is -2.13. The van der Waals surface area contributed by atoms with Gasteiger partial charge in [-0.2, -0.15) is 0 Å². The molecule has 2 aromatic carbocycles. The molecule has 3 aromatic rings. The van der Waals surface area contributed by atoms with Gasteiger partial charge in [-0.1, -0.05) is 47.6 Å². The Bertz CT molecular complexity index is 835. The quantitative estimate of drug-likeness (QED) is 0.774. The Morgan fingerprint density at radius 2 is 1.83 bits per heavy atom. The van der Waals surface area contributed by atoms with Gasteiger partial charge in [0.15, 0.2) is 5.58 Å². The molecular formula is C20H20N2O. The molecule has 3 heteroatoms. The predicted molar refractivity (Wildman–Crippen MR) is 90.5 cm³/mol. The standard InChI is InChI=1S/C20H20N2O/c1-2-6-14(7-3-1)16-12-17(16)21-13-20(10-11-20)19-15-8-4-5-9-18(15)23-22-19/h1-9,16-17,21H,10-13H2/t16?,17-/m0/s1. The molecule has 23 heavy (non-hydrogen) atoms. The fourth-order valence-electron chi connectivity index (χ4n) is 3.73. The lowest BCUT2D eigenvalue weighted by Crippen LogP contribution is -2.29. The first-order chi connectivity index (χ1) is 11.4. The van der Waals surface area contributed by atoms with Crippen LogP contribution in [0.15, 0.2) is 59.1 Å². The van der Waals surface area contributed by atoms with Crippen LogP contribution in [-0.4, -0.2) is 17.7 Å². The molecule has 1 N–H and O–H groups in total. The molecule has 2 fully saturated rings. The number of nitrogens with one attached hydrogen (secondary N) is 1. The van der Waals surface area contributed by atoms with Crippen molar-refractivity contribution in [2.45, 2.75) is 36.6 Å². The van der Waals surface area contributed by atoms with E-state index in [1.807, 2.05) is 12.1 Å². The molecular weight excluding hydrogens is 284 g/mol. The van der Waals surface area contributed by atoms with Gasteiger partial charge in [0.05, 0.1) is 5.69 Å². The molecule has 0 aliphatic heterocycles. The van der Waals surface area contributed by atoms with E-state index >= 15 is 0 Å². The van der Waals surface area contributed by atoms with Crippen LogP contribution in [0.3, 0.4) is 0 Å². The third kappa shape index (κ3) is 2.27. The van der Waals surface area contributed by atoms with Gasteiger partial charge in [0.25, 0.3) is 0 Å². The summed E-state index contributed by atoms with van der Waals surface area (Å²) < 4.78 is 5.51. The zero-order valence-electron chi connectivity index (χ0n) is 13.0. The van der Waals surface area contributed by atoms with Crippen molar-refractivity contribution < 1.29 is 4.52 Å². The number of aromatic nitrogens is 1. The van der Waals surface area contributed by atoms with Crippen LogP contribution >= 0.6 is 0 Å². The highest BCUT2D eigenvalue weighted by Gasteiger charge is 2.49. The van der Waals surface area contributed by atoms with E-state index in [-0.39, 0.29) is 5.41 Å². The van der Waals surface area contributed by atoms with E-state index in [2.05, 4.69) is 52.9 Å². The van der Waals surface area contributed by atoms with Crippen molar-refractivity contribution in [1.29, 1.82) is 0 Å². The van der Waals surface area contributed by atoms with Crippen LogP contribution in [0.5, 0.6) is 0 Å². The van der Waals surface area contributed by atoms with Gasteiger partial charge in [-0.15, -0.1) is 0 Å². The van der Waals surface area contributed by atoms with Crippen LogP contribution in [0.25, 0.3) is 11.0 Å². The van der Waals surface area contributed by atoms with Gasteiger partial charge in [0.2, 0.25) is 0 Å². The summed E-state index contributed by atoms with van der Waals surface area (Å²) in [5.74, 6) is 0.682. The Labute approximate surface area is 135 Å². The Kier molecular flexibility index (Phi) is 2.86. The minimum atomic E-state index is 0.191. The number of nitrogens with zero attached hydrogens (tertiary/aromatic N) is 1. The molecule has 0 radical (unpaired) electrons. The summed E-state index contributed by atoms with van der Waals surface area (Å²) in [6.45, 7) is 1.01. The van der Waals surface area contributed by atoms with Gasteiger partial charge >= 0.3 is 0 Å². The Morgan fingerprint density at radius 3 is 2.65 bits per heavy atom. The Morgan fingerprint density at radius 1 is 1.04 bits per heavy atom. The fraction of sp³-hybridized carbons (Fsp3) is 0.350. The zero-order chi connectivity index (χ0) is 15.3. The highest BCUT2D eigenvalue weighted by atomic mass is 16.5. The summed E-state index contributed by atoms with van der Waals surface area (Å²) in [6.07, 6.45) is 3.66. The molecule has 1 heterocycles. The van der Waals surface area contributed by atoms with Crippen molar-refractivity contribution in [3.05, 3.63) is 65.9 Å². The molecule has 0 saturated heterocycles. The smallest absolute Gasteiger partial charge is 0.167 e. The van der Waals surface area contributed by atoms with Crippen molar-refractivity contribution in [2.24, 2.45) is 0 Å². The summed E-state index contributed by atoms with van der Waals surface area (Å²) in [4.78, 5) is 0. The number of rotatable bonds is 5. The first-order valence-electron chi connectivity index (χ1n) is 8.49. The number of fused-ring (bicyclic) bond motifs is 1. The molecule has 5 rings (SSSR count). The topological polar surface area (TPSA) is 38.1 Å². The molecule has 2 aliphatic carbocycles. The van der Waals surface area contributed by atoms with Crippen molar-refractivity contribution >= 4 is 11.0 Å². The second-order valence-corrected chi connectivity index (χ2v) is 7.05.